The van der Waals surface area contributed by atoms with Gasteiger partial charge in [-0.05, 0) is 39.1 Å². The van der Waals surface area contributed by atoms with Crippen LogP contribution in [0.1, 0.15) is 39.0 Å². The molecule has 0 N–H and O–H groups in total. The smallest absolute Gasteiger partial charge is 0.410 e. The third-order valence-corrected chi connectivity index (χ3v) is 5.98. The fourth-order valence-corrected chi connectivity index (χ4v) is 4.11. The van der Waals surface area contributed by atoms with E-state index in [-0.39, 0.29) is 18.2 Å². The first kappa shape index (κ1) is 20.6. The summed E-state index contributed by atoms with van der Waals surface area (Å²) in [5, 5.41) is 8.61. The van der Waals surface area contributed by atoms with E-state index >= 15 is 0 Å². The standard InChI is InChI=1S/C21H28N6O2S/c1-14-8-9-23-27-16(17-7-6-10-30-17)11-22-18(19(27)24-14)26-12-15(13-26)25(5)20(28)29-21(2,3)4/h6-7,9-11,14-15H,8,12-13H2,1-5H3. The van der Waals surface area contributed by atoms with E-state index in [1.54, 1.807) is 23.3 Å². The quantitative estimate of drug-likeness (QED) is 0.723. The fourth-order valence-electron chi connectivity index (χ4n) is 3.39. The van der Waals surface area contributed by atoms with Crippen LogP contribution in [0.15, 0.2) is 38.8 Å². The Bertz CT molecular complexity index is 922. The molecule has 1 fully saturated rings. The predicted molar refractivity (Wildman–Crippen MR) is 121 cm³/mol. The summed E-state index contributed by atoms with van der Waals surface area (Å²) >= 11 is 1.65. The number of fused-ring (bicyclic) bond motifs is 1. The maximum atomic E-state index is 12.4. The number of likely N-dealkylation sites (tertiary alicyclic amines) is 1. The first-order valence-corrected chi connectivity index (χ1v) is 11.0. The molecule has 0 bridgehead atoms. The third kappa shape index (κ3) is 4.12. The Balaban J connectivity index is 1.53. The Morgan fingerprint density at radius 1 is 1.30 bits per heavy atom. The summed E-state index contributed by atoms with van der Waals surface area (Å²) < 4.78 is 5.49. The molecule has 4 heterocycles. The van der Waals surface area contributed by atoms with E-state index < -0.39 is 5.60 Å². The average molecular weight is 429 g/mol. The number of likely N-dealkylation sites (N-methyl/N-ethyl adjacent to an activating group) is 1. The number of carbonyl (C=O) groups is 1. The van der Waals surface area contributed by atoms with Gasteiger partial charge in [0.15, 0.2) is 11.7 Å². The van der Waals surface area contributed by atoms with Crippen molar-refractivity contribution in [3.8, 4) is 0 Å². The molecule has 0 spiro atoms. The van der Waals surface area contributed by atoms with Crippen LogP contribution in [-0.2, 0) is 4.74 Å². The van der Waals surface area contributed by atoms with E-state index in [1.807, 2.05) is 49.6 Å². The highest BCUT2D eigenvalue weighted by molar-refractivity contribution is 7.11. The molecule has 1 saturated heterocycles. The molecule has 1 unspecified atom stereocenters. The molecule has 1 atom stereocenters. The predicted octanol–water partition coefficient (Wildman–Crippen LogP) is 3.49. The van der Waals surface area contributed by atoms with Gasteiger partial charge in [0.2, 0.25) is 0 Å². The van der Waals surface area contributed by atoms with Crippen molar-refractivity contribution in [2.45, 2.75) is 51.8 Å². The second-order valence-electron chi connectivity index (χ2n) is 8.74. The molecule has 0 aliphatic carbocycles. The average Bonchev–Trinajstić information content (AvgIpc) is 3.08. The number of hydrogen-bond acceptors (Lipinski definition) is 8. The van der Waals surface area contributed by atoms with Crippen LogP contribution in [-0.4, -0.2) is 76.6 Å². The van der Waals surface area contributed by atoms with Crippen molar-refractivity contribution >= 4 is 41.0 Å². The summed E-state index contributed by atoms with van der Waals surface area (Å²) in [6, 6.07) is 4.29. The summed E-state index contributed by atoms with van der Waals surface area (Å²) in [7, 11) is 1.79. The number of hydrazone groups is 1. The second-order valence-corrected chi connectivity index (χ2v) is 9.69. The number of amidine groups is 2. The van der Waals surface area contributed by atoms with E-state index in [0.717, 1.165) is 28.7 Å². The molecule has 0 aromatic carbocycles. The lowest BCUT2D eigenvalue weighted by atomic mass is 10.1. The molecular weight excluding hydrogens is 400 g/mol. The lowest BCUT2D eigenvalue weighted by Crippen LogP contribution is -2.64. The molecule has 0 saturated carbocycles. The Morgan fingerprint density at radius 2 is 2.07 bits per heavy atom. The Morgan fingerprint density at radius 3 is 2.73 bits per heavy atom. The highest BCUT2D eigenvalue weighted by Gasteiger charge is 2.40. The number of aliphatic imine (C=N–C) groups is 2. The monoisotopic (exact) mass is 428 g/mol. The summed E-state index contributed by atoms with van der Waals surface area (Å²) in [4.78, 5) is 26.9. The van der Waals surface area contributed by atoms with Gasteiger partial charge in [-0.15, -0.1) is 11.3 Å². The van der Waals surface area contributed by atoms with Crippen molar-refractivity contribution in [3.05, 3.63) is 28.6 Å². The minimum absolute atomic E-state index is 0.0750. The molecule has 1 aromatic heterocycles. The van der Waals surface area contributed by atoms with Crippen LogP contribution in [0.3, 0.4) is 0 Å². The van der Waals surface area contributed by atoms with Crippen LogP contribution in [0.5, 0.6) is 0 Å². The van der Waals surface area contributed by atoms with E-state index in [1.165, 1.54) is 0 Å². The van der Waals surface area contributed by atoms with Gasteiger partial charge in [-0.1, -0.05) is 6.07 Å². The molecule has 1 aromatic rings. The third-order valence-electron chi connectivity index (χ3n) is 5.09. The number of amides is 1. The molecule has 30 heavy (non-hydrogen) atoms. The van der Waals surface area contributed by atoms with Crippen LogP contribution in [0.25, 0.3) is 5.70 Å². The first-order valence-electron chi connectivity index (χ1n) is 10.2. The Hall–Kier alpha value is -2.68. The van der Waals surface area contributed by atoms with Crippen LogP contribution in [0.4, 0.5) is 4.79 Å². The lowest BCUT2D eigenvalue weighted by molar-refractivity contribution is 0.00778. The number of carbonyl (C=O) groups excluding carboxylic acids is 1. The van der Waals surface area contributed by atoms with Crippen LogP contribution < -0.4 is 0 Å². The number of nitrogens with zero attached hydrogens (tertiary/aromatic N) is 6. The van der Waals surface area contributed by atoms with Gasteiger partial charge in [0, 0.05) is 32.8 Å². The number of thiophene rings is 1. The molecule has 160 valence electrons. The molecule has 9 heteroatoms. The van der Waals surface area contributed by atoms with Gasteiger partial charge >= 0.3 is 6.09 Å². The number of hydrogen-bond donors (Lipinski definition) is 0. The normalized spacial score (nSPS) is 21.8. The topological polar surface area (TPSA) is 73.1 Å². The molecule has 8 nitrogen and oxygen atoms in total. The highest BCUT2D eigenvalue weighted by atomic mass is 32.1. The molecule has 3 aliphatic heterocycles. The first-order chi connectivity index (χ1) is 14.2. The van der Waals surface area contributed by atoms with E-state index in [9.17, 15) is 4.79 Å². The highest BCUT2D eigenvalue weighted by Crippen LogP contribution is 2.30. The molecule has 3 aliphatic rings. The number of rotatable bonds is 2. The molecular formula is C21H28N6O2S. The maximum absolute atomic E-state index is 12.4. The van der Waals surface area contributed by atoms with Crippen molar-refractivity contribution in [2.75, 3.05) is 20.1 Å². The maximum Gasteiger partial charge on any atom is 0.410 e. The van der Waals surface area contributed by atoms with Gasteiger partial charge in [0.05, 0.1) is 23.2 Å². The zero-order chi connectivity index (χ0) is 21.5. The van der Waals surface area contributed by atoms with Gasteiger partial charge in [0.1, 0.15) is 11.3 Å². The van der Waals surface area contributed by atoms with Gasteiger partial charge in [-0.2, -0.15) is 5.10 Å². The van der Waals surface area contributed by atoms with Crippen LogP contribution >= 0.6 is 11.3 Å². The van der Waals surface area contributed by atoms with Crippen molar-refractivity contribution in [2.24, 2.45) is 15.1 Å². The summed E-state index contributed by atoms with van der Waals surface area (Å²) in [6.45, 7) is 9.07. The second kappa shape index (κ2) is 7.86. The largest absolute Gasteiger partial charge is 0.444 e. The Kier molecular flexibility index (Phi) is 5.40. The van der Waals surface area contributed by atoms with Gasteiger partial charge in [-0.25, -0.2) is 14.8 Å². The van der Waals surface area contributed by atoms with Gasteiger partial charge < -0.3 is 14.5 Å². The summed E-state index contributed by atoms with van der Waals surface area (Å²) in [6.07, 6.45) is 4.26. The van der Waals surface area contributed by atoms with Crippen molar-refractivity contribution in [1.29, 1.82) is 0 Å². The van der Waals surface area contributed by atoms with Crippen molar-refractivity contribution in [3.63, 3.8) is 0 Å². The summed E-state index contributed by atoms with van der Waals surface area (Å²) in [5.41, 5.74) is 0.426. The molecule has 0 radical (unpaired) electrons. The van der Waals surface area contributed by atoms with Crippen molar-refractivity contribution < 1.29 is 9.53 Å². The number of ether oxygens (including phenoxy) is 1. The van der Waals surface area contributed by atoms with Crippen LogP contribution in [0, 0.1) is 0 Å². The molecule has 1 amide bonds. The van der Waals surface area contributed by atoms with E-state index in [0.29, 0.717) is 13.1 Å². The lowest BCUT2D eigenvalue weighted by Gasteiger charge is -2.46. The summed E-state index contributed by atoms with van der Waals surface area (Å²) in [5.74, 6) is 1.57. The zero-order valence-electron chi connectivity index (χ0n) is 18.1. The van der Waals surface area contributed by atoms with Gasteiger partial charge in [0.25, 0.3) is 0 Å². The fraction of sp³-hybridized carbons (Fsp3) is 0.524. The minimum atomic E-state index is -0.505. The van der Waals surface area contributed by atoms with Crippen molar-refractivity contribution in [1.82, 2.24) is 14.8 Å². The molecule has 4 rings (SSSR count). The Labute approximate surface area is 181 Å². The zero-order valence-corrected chi connectivity index (χ0v) is 18.9. The van der Waals surface area contributed by atoms with E-state index in [2.05, 4.69) is 23.0 Å². The van der Waals surface area contributed by atoms with Crippen LogP contribution in [0.2, 0.25) is 0 Å². The van der Waals surface area contributed by atoms with E-state index in [4.69, 9.17) is 14.7 Å². The minimum Gasteiger partial charge on any atom is -0.444 e. The SMILES string of the molecule is CC1CC=NN2C(c3cccs3)=CN=C(N3CC(N(C)C(=O)OC(C)(C)C)C3)C2=N1. The van der Waals surface area contributed by atoms with Gasteiger partial charge in [-0.3, -0.25) is 4.99 Å².